The van der Waals surface area contributed by atoms with Crippen LogP contribution in [0.5, 0.6) is 0 Å². The number of amides is 1. The molecule has 2 fully saturated rings. The highest BCUT2D eigenvalue weighted by Crippen LogP contribution is 2.34. The van der Waals surface area contributed by atoms with E-state index in [1.807, 2.05) is 0 Å². The molecule has 3 heteroatoms. The maximum Gasteiger partial charge on any atom is 0.223 e. The maximum absolute atomic E-state index is 12.2. The van der Waals surface area contributed by atoms with Crippen LogP contribution in [-0.4, -0.2) is 17.5 Å². The topological polar surface area (TPSA) is 55.1 Å². The third kappa shape index (κ3) is 2.24. The summed E-state index contributed by atoms with van der Waals surface area (Å²) in [5.74, 6) is 0.712. The van der Waals surface area contributed by atoms with Crippen LogP contribution in [-0.2, 0) is 4.79 Å². The zero-order valence-electron chi connectivity index (χ0n) is 10.5. The van der Waals surface area contributed by atoms with Gasteiger partial charge in [0.1, 0.15) is 0 Å². The molecule has 2 aliphatic carbocycles. The Balaban J connectivity index is 1.93. The molecule has 0 saturated heterocycles. The van der Waals surface area contributed by atoms with E-state index in [2.05, 4.69) is 19.2 Å². The minimum absolute atomic E-state index is 0.0817. The van der Waals surface area contributed by atoms with Crippen LogP contribution >= 0.6 is 0 Å². The lowest BCUT2D eigenvalue weighted by Gasteiger charge is -2.42. The van der Waals surface area contributed by atoms with E-state index in [0.29, 0.717) is 5.92 Å². The first-order valence-electron chi connectivity index (χ1n) is 6.59. The Morgan fingerprint density at radius 1 is 1.31 bits per heavy atom. The third-order valence-corrected chi connectivity index (χ3v) is 4.58. The van der Waals surface area contributed by atoms with Crippen molar-refractivity contribution in [1.29, 1.82) is 0 Å². The number of rotatable bonds is 2. The summed E-state index contributed by atoms with van der Waals surface area (Å²) in [5, 5.41) is 3.22. The predicted molar refractivity (Wildman–Crippen MR) is 64.9 cm³/mol. The van der Waals surface area contributed by atoms with E-state index < -0.39 is 0 Å². The van der Waals surface area contributed by atoms with Crippen molar-refractivity contribution in [3.05, 3.63) is 0 Å². The van der Waals surface area contributed by atoms with E-state index >= 15 is 0 Å². The lowest BCUT2D eigenvalue weighted by Crippen LogP contribution is -2.55. The minimum Gasteiger partial charge on any atom is -0.351 e. The van der Waals surface area contributed by atoms with Crippen molar-refractivity contribution in [3.8, 4) is 0 Å². The van der Waals surface area contributed by atoms with Gasteiger partial charge in [0.15, 0.2) is 0 Å². The summed E-state index contributed by atoms with van der Waals surface area (Å²) in [5.41, 5.74) is 6.12. The molecule has 2 aliphatic rings. The zero-order chi connectivity index (χ0) is 11.8. The van der Waals surface area contributed by atoms with Gasteiger partial charge in [-0.05, 0) is 44.9 Å². The van der Waals surface area contributed by atoms with Gasteiger partial charge in [0, 0.05) is 17.5 Å². The van der Waals surface area contributed by atoms with Crippen LogP contribution in [0.15, 0.2) is 0 Å². The number of nitrogens with two attached hydrogens (primary N) is 1. The smallest absolute Gasteiger partial charge is 0.223 e. The minimum atomic E-state index is 0.0817. The number of hydrogen-bond acceptors (Lipinski definition) is 2. The van der Waals surface area contributed by atoms with Gasteiger partial charge in [-0.15, -0.1) is 0 Å². The van der Waals surface area contributed by atoms with E-state index in [4.69, 9.17) is 5.73 Å². The molecule has 3 nitrogen and oxygen atoms in total. The largest absolute Gasteiger partial charge is 0.351 e. The van der Waals surface area contributed by atoms with Gasteiger partial charge in [-0.2, -0.15) is 0 Å². The number of carbonyl (C=O) groups excluding carboxylic acids is 1. The lowest BCUT2D eigenvalue weighted by molar-refractivity contribution is -0.130. The van der Waals surface area contributed by atoms with Crippen molar-refractivity contribution >= 4 is 5.91 Å². The fraction of sp³-hybridized carbons (Fsp3) is 0.923. The van der Waals surface area contributed by atoms with Gasteiger partial charge in [0.05, 0.1) is 0 Å². The highest BCUT2D eigenvalue weighted by molar-refractivity contribution is 5.80. The highest BCUT2D eigenvalue weighted by Gasteiger charge is 2.38. The van der Waals surface area contributed by atoms with Gasteiger partial charge in [-0.1, -0.05) is 13.3 Å². The molecule has 3 N–H and O–H groups in total. The van der Waals surface area contributed by atoms with Gasteiger partial charge in [-0.3, -0.25) is 4.79 Å². The van der Waals surface area contributed by atoms with Gasteiger partial charge >= 0.3 is 0 Å². The highest BCUT2D eigenvalue weighted by atomic mass is 16.2. The summed E-state index contributed by atoms with van der Waals surface area (Å²) in [4.78, 5) is 12.2. The Morgan fingerprint density at radius 3 is 2.56 bits per heavy atom. The number of hydrogen-bond donors (Lipinski definition) is 2. The molecule has 0 aromatic heterocycles. The number of carbonyl (C=O) groups is 1. The number of nitrogens with one attached hydrogen (secondary N) is 1. The summed E-state index contributed by atoms with van der Waals surface area (Å²) in [7, 11) is 0. The molecule has 16 heavy (non-hydrogen) atoms. The molecule has 0 radical (unpaired) electrons. The van der Waals surface area contributed by atoms with Crippen LogP contribution in [0.2, 0.25) is 0 Å². The molecule has 2 rings (SSSR count). The molecule has 3 unspecified atom stereocenters. The summed E-state index contributed by atoms with van der Waals surface area (Å²) >= 11 is 0. The first-order valence-corrected chi connectivity index (χ1v) is 6.59. The Kier molecular flexibility index (Phi) is 3.24. The first-order chi connectivity index (χ1) is 7.52. The SMILES string of the molecule is CC1C(N)CCCC1C(=O)NC1(C)CCC1. The fourth-order valence-corrected chi connectivity index (χ4v) is 2.99. The van der Waals surface area contributed by atoms with Crippen molar-refractivity contribution in [2.75, 3.05) is 0 Å². The van der Waals surface area contributed by atoms with Crippen LogP contribution in [0.3, 0.4) is 0 Å². The second-order valence-corrected chi connectivity index (χ2v) is 5.96. The molecule has 92 valence electrons. The fourth-order valence-electron chi connectivity index (χ4n) is 2.99. The van der Waals surface area contributed by atoms with Crippen molar-refractivity contribution in [1.82, 2.24) is 5.32 Å². The quantitative estimate of drug-likeness (QED) is 0.751. The molecule has 1 amide bonds. The normalized spacial score (nSPS) is 37.6. The van der Waals surface area contributed by atoms with Crippen molar-refractivity contribution in [3.63, 3.8) is 0 Å². The first kappa shape index (κ1) is 11.9. The van der Waals surface area contributed by atoms with E-state index in [9.17, 15) is 4.79 Å². The van der Waals surface area contributed by atoms with Crippen molar-refractivity contribution < 1.29 is 4.79 Å². The van der Waals surface area contributed by atoms with Crippen LogP contribution < -0.4 is 11.1 Å². The van der Waals surface area contributed by atoms with E-state index in [1.54, 1.807) is 0 Å². The van der Waals surface area contributed by atoms with Crippen LogP contribution in [0, 0.1) is 11.8 Å². The monoisotopic (exact) mass is 224 g/mol. The molecule has 0 heterocycles. The summed E-state index contributed by atoms with van der Waals surface area (Å²) in [6.45, 7) is 4.28. The second-order valence-electron chi connectivity index (χ2n) is 5.96. The molecule has 0 aromatic carbocycles. The average Bonchev–Trinajstić information content (AvgIpc) is 2.19. The van der Waals surface area contributed by atoms with Gasteiger partial charge in [0.25, 0.3) is 0 Å². The van der Waals surface area contributed by atoms with Crippen molar-refractivity contribution in [2.45, 2.75) is 64.0 Å². The van der Waals surface area contributed by atoms with Crippen LogP contribution in [0.1, 0.15) is 52.4 Å². The van der Waals surface area contributed by atoms with Crippen LogP contribution in [0.4, 0.5) is 0 Å². The van der Waals surface area contributed by atoms with E-state index in [1.165, 1.54) is 6.42 Å². The molecule has 0 aromatic rings. The molecule has 2 saturated carbocycles. The zero-order valence-corrected chi connectivity index (χ0v) is 10.5. The Morgan fingerprint density at radius 2 is 2.00 bits per heavy atom. The molecule has 0 aliphatic heterocycles. The summed E-state index contributed by atoms with van der Waals surface area (Å²) < 4.78 is 0. The second kappa shape index (κ2) is 4.36. The predicted octanol–water partition coefficient (Wildman–Crippen LogP) is 1.81. The summed E-state index contributed by atoms with van der Waals surface area (Å²) in [6.07, 6.45) is 6.69. The Labute approximate surface area is 98.2 Å². The average molecular weight is 224 g/mol. The van der Waals surface area contributed by atoms with Crippen LogP contribution in [0.25, 0.3) is 0 Å². The van der Waals surface area contributed by atoms with Gasteiger partial charge in [0.2, 0.25) is 5.91 Å². The lowest BCUT2D eigenvalue weighted by atomic mass is 9.74. The molecule has 3 atom stereocenters. The molecular formula is C13H24N2O. The standard InChI is InChI=1S/C13H24N2O/c1-9-10(5-3-6-11(9)14)12(16)15-13(2)7-4-8-13/h9-11H,3-8,14H2,1-2H3,(H,15,16). The maximum atomic E-state index is 12.2. The van der Waals surface area contributed by atoms with Gasteiger partial charge in [-0.25, -0.2) is 0 Å². The third-order valence-electron chi connectivity index (χ3n) is 4.58. The van der Waals surface area contributed by atoms with E-state index in [-0.39, 0.29) is 23.4 Å². The molecule has 0 spiro atoms. The molecular weight excluding hydrogens is 200 g/mol. The van der Waals surface area contributed by atoms with Crippen molar-refractivity contribution in [2.24, 2.45) is 17.6 Å². The van der Waals surface area contributed by atoms with E-state index in [0.717, 1.165) is 32.1 Å². The Bertz CT molecular complexity index is 273. The molecule has 0 bridgehead atoms. The van der Waals surface area contributed by atoms with Gasteiger partial charge < -0.3 is 11.1 Å². The summed E-state index contributed by atoms with van der Waals surface area (Å²) in [6, 6.07) is 0.207. The Hall–Kier alpha value is -0.570.